The topological polar surface area (TPSA) is 42.4 Å². The van der Waals surface area contributed by atoms with Crippen LogP contribution in [0, 0.1) is 6.92 Å². The Morgan fingerprint density at radius 2 is 1.59 bits per heavy atom. The first-order chi connectivity index (χ1) is 10.7. The molecule has 0 radical (unpaired) electrons. The number of rotatable bonds is 4. The van der Waals surface area contributed by atoms with Crippen molar-refractivity contribution in [1.29, 1.82) is 0 Å². The third-order valence-corrected chi connectivity index (χ3v) is 3.50. The summed E-state index contributed by atoms with van der Waals surface area (Å²) in [5.74, 6) is 1.26. The highest BCUT2D eigenvalue weighted by molar-refractivity contribution is 5.37. The molecule has 0 bridgehead atoms. The summed E-state index contributed by atoms with van der Waals surface area (Å²) in [6.45, 7) is 1.95. The van der Waals surface area contributed by atoms with Crippen LogP contribution in [0.15, 0.2) is 72.9 Å². The van der Waals surface area contributed by atoms with E-state index in [-0.39, 0.29) is 0 Å². The summed E-state index contributed by atoms with van der Waals surface area (Å²) >= 11 is 0. The zero-order valence-corrected chi connectivity index (χ0v) is 12.3. The van der Waals surface area contributed by atoms with Gasteiger partial charge >= 0.3 is 0 Å². The van der Waals surface area contributed by atoms with Crippen molar-refractivity contribution < 1.29 is 9.84 Å². The van der Waals surface area contributed by atoms with E-state index in [2.05, 4.69) is 4.98 Å². The summed E-state index contributed by atoms with van der Waals surface area (Å²) in [6, 6.07) is 20.9. The molecule has 0 spiro atoms. The SMILES string of the molecule is Cc1cc(Oc2ccccc2)ncc1[C@H](O)c1ccccc1. The van der Waals surface area contributed by atoms with Crippen molar-refractivity contribution in [3.05, 3.63) is 89.6 Å². The van der Waals surface area contributed by atoms with Crippen LogP contribution in [-0.2, 0) is 0 Å². The van der Waals surface area contributed by atoms with Gasteiger partial charge in [-0.05, 0) is 30.2 Å². The van der Waals surface area contributed by atoms with Crippen LogP contribution in [0.2, 0.25) is 0 Å². The number of para-hydroxylation sites is 1. The zero-order valence-electron chi connectivity index (χ0n) is 12.3. The minimum absolute atomic E-state index is 0.521. The molecule has 1 aromatic heterocycles. The normalized spacial score (nSPS) is 11.9. The maximum Gasteiger partial charge on any atom is 0.219 e. The van der Waals surface area contributed by atoms with E-state index in [0.29, 0.717) is 5.88 Å². The molecule has 0 unspecified atom stereocenters. The lowest BCUT2D eigenvalue weighted by Gasteiger charge is -2.14. The van der Waals surface area contributed by atoms with Crippen LogP contribution >= 0.6 is 0 Å². The Bertz CT molecular complexity index is 742. The van der Waals surface area contributed by atoms with Gasteiger partial charge in [0.1, 0.15) is 11.9 Å². The first-order valence-corrected chi connectivity index (χ1v) is 7.16. The second-order valence-electron chi connectivity index (χ2n) is 5.11. The first kappa shape index (κ1) is 14.3. The molecule has 0 aliphatic rings. The average Bonchev–Trinajstić information content (AvgIpc) is 2.56. The molecule has 1 atom stereocenters. The van der Waals surface area contributed by atoms with Crippen molar-refractivity contribution in [2.45, 2.75) is 13.0 Å². The number of pyridine rings is 1. The van der Waals surface area contributed by atoms with Gasteiger partial charge in [-0.2, -0.15) is 0 Å². The maximum absolute atomic E-state index is 10.5. The Labute approximate surface area is 129 Å². The molecule has 0 saturated heterocycles. The van der Waals surface area contributed by atoms with Crippen molar-refractivity contribution in [1.82, 2.24) is 4.98 Å². The van der Waals surface area contributed by atoms with E-state index in [1.165, 1.54) is 0 Å². The second-order valence-corrected chi connectivity index (χ2v) is 5.11. The lowest BCUT2D eigenvalue weighted by atomic mass is 9.99. The summed E-state index contributed by atoms with van der Waals surface area (Å²) in [7, 11) is 0. The summed E-state index contributed by atoms with van der Waals surface area (Å²) in [5, 5.41) is 10.5. The minimum Gasteiger partial charge on any atom is -0.439 e. The van der Waals surface area contributed by atoms with E-state index in [0.717, 1.165) is 22.4 Å². The van der Waals surface area contributed by atoms with Crippen LogP contribution in [0.3, 0.4) is 0 Å². The fraction of sp³-hybridized carbons (Fsp3) is 0.105. The summed E-state index contributed by atoms with van der Waals surface area (Å²) in [4.78, 5) is 4.30. The molecule has 0 saturated carbocycles. The maximum atomic E-state index is 10.5. The zero-order chi connectivity index (χ0) is 15.4. The van der Waals surface area contributed by atoms with Gasteiger partial charge in [-0.3, -0.25) is 0 Å². The molecule has 2 aromatic carbocycles. The summed E-state index contributed by atoms with van der Waals surface area (Å²) < 4.78 is 5.71. The van der Waals surface area contributed by atoms with E-state index >= 15 is 0 Å². The quantitative estimate of drug-likeness (QED) is 0.780. The number of aryl methyl sites for hydroxylation is 1. The third kappa shape index (κ3) is 3.15. The molecule has 0 amide bonds. The Morgan fingerprint density at radius 3 is 2.23 bits per heavy atom. The lowest BCUT2D eigenvalue weighted by molar-refractivity contribution is 0.219. The highest BCUT2D eigenvalue weighted by atomic mass is 16.5. The van der Waals surface area contributed by atoms with E-state index in [9.17, 15) is 5.11 Å². The van der Waals surface area contributed by atoms with Gasteiger partial charge in [0.05, 0.1) is 0 Å². The van der Waals surface area contributed by atoms with Crippen LogP contribution < -0.4 is 4.74 Å². The van der Waals surface area contributed by atoms with Crippen molar-refractivity contribution in [2.24, 2.45) is 0 Å². The van der Waals surface area contributed by atoms with Crippen LogP contribution in [-0.4, -0.2) is 10.1 Å². The molecule has 3 aromatic rings. The smallest absolute Gasteiger partial charge is 0.219 e. The van der Waals surface area contributed by atoms with Gasteiger partial charge in [0.25, 0.3) is 0 Å². The Morgan fingerprint density at radius 1 is 0.955 bits per heavy atom. The van der Waals surface area contributed by atoms with Gasteiger partial charge in [0.2, 0.25) is 5.88 Å². The van der Waals surface area contributed by atoms with Crippen LogP contribution in [0.25, 0.3) is 0 Å². The molecular formula is C19H17NO2. The monoisotopic (exact) mass is 291 g/mol. The number of ether oxygens (including phenoxy) is 1. The molecule has 1 N–H and O–H groups in total. The average molecular weight is 291 g/mol. The molecule has 110 valence electrons. The molecule has 0 aliphatic carbocycles. The Balaban J connectivity index is 1.83. The molecule has 3 heteroatoms. The molecular weight excluding hydrogens is 274 g/mol. The van der Waals surface area contributed by atoms with E-state index in [4.69, 9.17) is 4.74 Å². The highest BCUT2D eigenvalue weighted by Crippen LogP contribution is 2.27. The largest absolute Gasteiger partial charge is 0.439 e. The molecule has 0 aliphatic heterocycles. The Kier molecular flexibility index (Phi) is 4.17. The van der Waals surface area contributed by atoms with Crippen molar-refractivity contribution in [3.63, 3.8) is 0 Å². The van der Waals surface area contributed by atoms with Crippen molar-refractivity contribution in [3.8, 4) is 11.6 Å². The first-order valence-electron chi connectivity index (χ1n) is 7.16. The Hall–Kier alpha value is -2.65. The third-order valence-electron chi connectivity index (χ3n) is 3.50. The van der Waals surface area contributed by atoms with E-state index in [1.807, 2.05) is 73.7 Å². The molecule has 22 heavy (non-hydrogen) atoms. The van der Waals surface area contributed by atoms with Crippen molar-refractivity contribution >= 4 is 0 Å². The number of aliphatic hydroxyl groups is 1. The van der Waals surface area contributed by atoms with E-state index in [1.54, 1.807) is 6.20 Å². The number of hydrogen-bond donors (Lipinski definition) is 1. The van der Waals surface area contributed by atoms with Crippen LogP contribution in [0.4, 0.5) is 0 Å². The van der Waals surface area contributed by atoms with Gasteiger partial charge in [-0.25, -0.2) is 4.98 Å². The fourth-order valence-electron chi connectivity index (χ4n) is 2.31. The number of aliphatic hydroxyl groups excluding tert-OH is 1. The minimum atomic E-state index is -0.681. The second kappa shape index (κ2) is 6.41. The standard InChI is InChI=1S/C19H17NO2/c1-14-12-18(22-16-10-6-3-7-11-16)20-13-17(14)19(21)15-8-4-2-5-9-15/h2-13,19,21H,1H3/t19-/m1/s1. The van der Waals surface area contributed by atoms with Gasteiger partial charge in [0, 0.05) is 17.8 Å². The van der Waals surface area contributed by atoms with Crippen molar-refractivity contribution in [2.75, 3.05) is 0 Å². The predicted octanol–water partition coefficient (Wildman–Crippen LogP) is 4.26. The summed E-state index contributed by atoms with van der Waals surface area (Å²) in [6.07, 6.45) is 0.991. The number of nitrogens with zero attached hydrogens (tertiary/aromatic N) is 1. The van der Waals surface area contributed by atoms with Crippen LogP contribution in [0.5, 0.6) is 11.6 Å². The predicted molar refractivity (Wildman–Crippen MR) is 86.0 cm³/mol. The van der Waals surface area contributed by atoms with Gasteiger partial charge in [0.15, 0.2) is 0 Å². The highest BCUT2D eigenvalue weighted by Gasteiger charge is 2.14. The number of hydrogen-bond acceptors (Lipinski definition) is 3. The lowest BCUT2D eigenvalue weighted by Crippen LogP contribution is -2.03. The molecule has 3 rings (SSSR count). The molecule has 1 heterocycles. The number of benzene rings is 2. The fourth-order valence-corrected chi connectivity index (χ4v) is 2.31. The van der Waals surface area contributed by atoms with Crippen LogP contribution in [0.1, 0.15) is 22.8 Å². The van der Waals surface area contributed by atoms with E-state index < -0.39 is 6.10 Å². The van der Waals surface area contributed by atoms with Gasteiger partial charge in [-0.1, -0.05) is 48.5 Å². The number of aromatic nitrogens is 1. The van der Waals surface area contributed by atoms with Gasteiger partial charge < -0.3 is 9.84 Å². The van der Waals surface area contributed by atoms with Gasteiger partial charge in [-0.15, -0.1) is 0 Å². The molecule has 3 nitrogen and oxygen atoms in total. The summed E-state index contributed by atoms with van der Waals surface area (Å²) in [5.41, 5.74) is 2.58. The molecule has 0 fully saturated rings.